The fraction of sp³-hybridized carbons (Fsp3) is 0.545. The van der Waals surface area contributed by atoms with Crippen LogP contribution in [-0.2, 0) is 6.18 Å². The lowest BCUT2D eigenvalue weighted by molar-refractivity contribution is -0.137. The third-order valence-corrected chi connectivity index (χ3v) is 2.28. The van der Waals surface area contributed by atoms with Crippen LogP contribution in [0.15, 0.2) is 12.1 Å². The van der Waals surface area contributed by atoms with Crippen molar-refractivity contribution in [3.8, 4) is 0 Å². The number of rotatable bonds is 5. The number of nitrogens with one attached hydrogen (secondary N) is 1. The maximum absolute atomic E-state index is 12.5. The van der Waals surface area contributed by atoms with E-state index in [0.29, 0.717) is 19.4 Å². The highest BCUT2D eigenvalue weighted by Crippen LogP contribution is 2.31. The SMILES string of the molecule is CC(O)CCCNc1cc(C(F)(F)F)cc(N)n1. The number of hydrogen-bond acceptors (Lipinski definition) is 4. The van der Waals surface area contributed by atoms with Crippen LogP contribution >= 0.6 is 0 Å². The van der Waals surface area contributed by atoms with Crippen molar-refractivity contribution in [3.05, 3.63) is 17.7 Å². The molecule has 0 amide bonds. The van der Waals surface area contributed by atoms with Crippen molar-refractivity contribution in [1.29, 1.82) is 0 Å². The predicted octanol–water partition coefficient (Wildman–Crippen LogP) is 2.26. The van der Waals surface area contributed by atoms with E-state index in [9.17, 15) is 13.2 Å². The molecule has 0 spiro atoms. The molecule has 0 aliphatic rings. The third-order valence-electron chi connectivity index (χ3n) is 2.28. The zero-order valence-corrected chi connectivity index (χ0v) is 9.96. The Kier molecular flexibility index (Phi) is 4.77. The molecular formula is C11H16F3N3O. The fourth-order valence-electron chi connectivity index (χ4n) is 1.42. The molecule has 0 bridgehead atoms. The normalized spacial score (nSPS) is 13.4. The van der Waals surface area contributed by atoms with Crippen molar-refractivity contribution < 1.29 is 18.3 Å². The third kappa shape index (κ3) is 4.79. The number of hydrogen-bond donors (Lipinski definition) is 3. The summed E-state index contributed by atoms with van der Waals surface area (Å²) >= 11 is 0. The summed E-state index contributed by atoms with van der Waals surface area (Å²) in [5.74, 6) is -0.0873. The van der Waals surface area contributed by atoms with Crippen LogP contribution in [0, 0.1) is 0 Å². The van der Waals surface area contributed by atoms with E-state index >= 15 is 0 Å². The number of halogens is 3. The molecule has 1 aromatic rings. The Morgan fingerprint density at radius 3 is 2.67 bits per heavy atom. The average molecular weight is 263 g/mol. The summed E-state index contributed by atoms with van der Waals surface area (Å²) in [5.41, 5.74) is 4.49. The molecule has 0 aromatic carbocycles. The molecule has 4 nitrogen and oxygen atoms in total. The monoisotopic (exact) mass is 263 g/mol. The van der Waals surface area contributed by atoms with Crippen LogP contribution in [0.5, 0.6) is 0 Å². The van der Waals surface area contributed by atoms with Crippen LogP contribution in [0.1, 0.15) is 25.3 Å². The van der Waals surface area contributed by atoms with Crippen LogP contribution in [0.2, 0.25) is 0 Å². The summed E-state index contributed by atoms with van der Waals surface area (Å²) < 4.78 is 37.5. The van der Waals surface area contributed by atoms with Gasteiger partial charge in [0.25, 0.3) is 0 Å². The maximum atomic E-state index is 12.5. The van der Waals surface area contributed by atoms with Gasteiger partial charge in [-0.05, 0) is 31.9 Å². The lowest BCUT2D eigenvalue weighted by Gasteiger charge is -2.11. The zero-order chi connectivity index (χ0) is 13.8. The number of aliphatic hydroxyl groups excluding tert-OH is 1. The minimum atomic E-state index is -4.44. The Bertz CT molecular complexity index is 394. The summed E-state index contributed by atoms with van der Waals surface area (Å²) in [6.07, 6.45) is -3.66. The second-order valence-electron chi connectivity index (χ2n) is 4.08. The standard InChI is InChI=1S/C11H16F3N3O/c1-7(18)3-2-4-16-10-6-8(11(12,13)14)5-9(15)17-10/h5-7,18H,2-4H2,1H3,(H3,15,16,17). The van der Waals surface area contributed by atoms with E-state index in [1.807, 2.05) is 0 Å². The van der Waals surface area contributed by atoms with Gasteiger partial charge in [0.1, 0.15) is 11.6 Å². The highest BCUT2D eigenvalue weighted by Gasteiger charge is 2.31. The first-order valence-electron chi connectivity index (χ1n) is 5.55. The number of nitrogens with zero attached hydrogens (tertiary/aromatic N) is 1. The highest BCUT2D eigenvalue weighted by molar-refractivity contribution is 5.47. The quantitative estimate of drug-likeness (QED) is 0.712. The van der Waals surface area contributed by atoms with Gasteiger partial charge in [-0.2, -0.15) is 13.2 Å². The Labute approximate surface area is 103 Å². The van der Waals surface area contributed by atoms with Gasteiger partial charge in [0.15, 0.2) is 0 Å². The molecule has 1 aromatic heterocycles. The zero-order valence-electron chi connectivity index (χ0n) is 9.96. The van der Waals surface area contributed by atoms with Crippen molar-refractivity contribution in [3.63, 3.8) is 0 Å². The molecule has 18 heavy (non-hydrogen) atoms. The second-order valence-corrected chi connectivity index (χ2v) is 4.08. The largest absolute Gasteiger partial charge is 0.416 e. The fourth-order valence-corrected chi connectivity index (χ4v) is 1.42. The molecule has 0 aliphatic heterocycles. The van der Waals surface area contributed by atoms with E-state index in [0.717, 1.165) is 12.1 Å². The van der Waals surface area contributed by atoms with Crippen LogP contribution in [0.4, 0.5) is 24.8 Å². The molecule has 0 aliphatic carbocycles. The smallest absolute Gasteiger partial charge is 0.393 e. The first-order chi connectivity index (χ1) is 8.29. The van der Waals surface area contributed by atoms with Gasteiger partial charge in [-0.25, -0.2) is 4.98 Å². The van der Waals surface area contributed by atoms with Gasteiger partial charge in [-0.1, -0.05) is 0 Å². The molecule has 0 saturated heterocycles. The molecule has 102 valence electrons. The lowest BCUT2D eigenvalue weighted by Crippen LogP contribution is -2.11. The molecular weight excluding hydrogens is 247 g/mol. The summed E-state index contributed by atoms with van der Waals surface area (Å²) in [6.45, 7) is 2.08. The minimum Gasteiger partial charge on any atom is -0.393 e. The van der Waals surface area contributed by atoms with E-state index in [4.69, 9.17) is 10.8 Å². The highest BCUT2D eigenvalue weighted by atomic mass is 19.4. The molecule has 1 heterocycles. The first-order valence-corrected chi connectivity index (χ1v) is 5.55. The van der Waals surface area contributed by atoms with Gasteiger partial charge in [0, 0.05) is 6.54 Å². The van der Waals surface area contributed by atoms with Crippen LogP contribution < -0.4 is 11.1 Å². The molecule has 1 unspecified atom stereocenters. The van der Waals surface area contributed by atoms with Gasteiger partial charge < -0.3 is 16.2 Å². The van der Waals surface area contributed by atoms with Crippen LogP contribution in [-0.4, -0.2) is 22.7 Å². The van der Waals surface area contributed by atoms with Gasteiger partial charge in [-0.3, -0.25) is 0 Å². The molecule has 0 radical (unpaired) electrons. The molecule has 1 rings (SSSR count). The van der Waals surface area contributed by atoms with E-state index in [-0.39, 0.29) is 11.6 Å². The number of alkyl halides is 3. The Hall–Kier alpha value is -1.50. The van der Waals surface area contributed by atoms with E-state index in [1.165, 1.54) is 0 Å². The number of aliphatic hydroxyl groups is 1. The van der Waals surface area contributed by atoms with Gasteiger partial charge >= 0.3 is 6.18 Å². The topological polar surface area (TPSA) is 71.2 Å². The lowest BCUT2D eigenvalue weighted by atomic mass is 10.2. The van der Waals surface area contributed by atoms with E-state index < -0.39 is 17.8 Å². The summed E-state index contributed by atoms with van der Waals surface area (Å²) in [5, 5.41) is 11.8. The Morgan fingerprint density at radius 2 is 2.11 bits per heavy atom. The molecule has 7 heteroatoms. The number of pyridine rings is 1. The molecule has 0 saturated carbocycles. The maximum Gasteiger partial charge on any atom is 0.416 e. The van der Waals surface area contributed by atoms with Crippen LogP contribution in [0.25, 0.3) is 0 Å². The van der Waals surface area contributed by atoms with E-state index in [1.54, 1.807) is 6.92 Å². The number of aromatic nitrogens is 1. The van der Waals surface area contributed by atoms with Gasteiger partial charge in [0.05, 0.1) is 11.7 Å². The van der Waals surface area contributed by atoms with Crippen LogP contribution in [0.3, 0.4) is 0 Å². The summed E-state index contributed by atoms with van der Waals surface area (Å²) in [4.78, 5) is 3.77. The Balaban J connectivity index is 2.63. The summed E-state index contributed by atoms with van der Waals surface area (Å²) in [6, 6.07) is 1.71. The Morgan fingerprint density at radius 1 is 1.44 bits per heavy atom. The second kappa shape index (κ2) is 5.90. The molecule has 1 atom stereocenters. The number of anilines is 2. The average Bonchev–Trinajstić information content (AvgIpc) is 2.22. The van der Waals surface area contributed by atoms with E-state index in [2.05, 4.69) is 10.3 Å². The van der Waals surface area contributed by atoms with Gasteiger partial charge in [0.2, 0.25) is 0 Å². The van der Waals surface area contributed by atoms with Crippen molar-refractivity contribution in [2.24, 2.45) is 0 Å². The predicted molar refractivity (Wildman–Crippen MR) is 63.1 cm³/mol. The van der Waals surface area contributed by atoms with Gasteiger partial charge in [-0.15, -0.1) is 0 Å². The number of nitrogen functional groups attached to an aromatic ring is 1. The minimum absolute atomic E-state index is 0.0907. The van der Waals surface area contributed by atoms with Crippen molar-refractivity contribution in [2.45, 2.75) is 32.0 Å². The van der Waals surface area contributed by atoms with Crippen molar-refractivity contribution >= 4 is 11.6 Å². The molecule has 0 fully saturated rings. The van der Waals surface area contributed by atoms with Crippen molar-refractivity contribution in [2.75, 3.05) is 17.6 Å². The summed E-state index contributed by atoms with van der Waals surface area (Å²) in [7, 11) is 0. The van der Waals surface area contributed by atoms with Crippen molar-refractivity contribution in [1.82, 2.24) is 4.98 Å². The molecule has 4 N–H and O–H groups in total. The first kappa shape index (κ1) is 14.6. The number of nitrogens with two attached hydrogens (primary N) is 1.